The maximum absolute atomic E-state index is 13.1. The molecule has 0 heterocycles. The van der Waals surface area contributed by atoms with Gasteiger partial charge in [-0.25, -0.2) is 0 Å². The third-order valence-electron chi connectivity index (χ3n) is 4.68. The van der Waals surface area contributed by atoms with Gasteiger partial charge in [-0.05, 0) is 48.6 Å². The van der Waals surface area contributed by atoms with Crippen LogP contribution in [0.25, 0.3) is 0 Å². The lowest BCUT2D eigenvalue weighted by Crippen LogP contribution is -2.48. The fourth-order valence-corrected chi connectivity index (χ4v) is 3.26. The Morgan fingerprint density at radius 2 is 1.66 bits per heavy atom. The molecule has 1 N–H and O–H groups in total. The van der Waals surface area contributed by atoms with Gasteiger partial charge in [0.25, 0.3) is 0 Å². The molecule has 2 rings (SSSR count). The topological polar surface area (TPSA) is 49.4 Å². The van der Waals surface area contributed by atoms with Crippen LogP contribution in [0, 0.1) is 5.92 Å². The number of carbonyl (C=O) groups is 2. The average Bonchev–Trinajstić information content (AvgIpc) is 2.70. The molecule has 0 spiro atoms. The molecule has 0 saturated carbocycles. The Morgan fingerprint density at radius 3 is 2.28 bits per heavy atom. The number of nitrogens with zero attached hydrogens (tertiary/aromatic N) is 1. The first-order valence-electron chi connectivity index (χ1n) is 9.83. The highest BCUT2D eigenvalue weighted by molar-refractivity contribution is 6.31. The second-order valence-electron chi connectivity index (χ2n) is 7.55. The Bertz CT molecular complexity index is 822. The van der Waals surface area contributed by atoms with E-state index in [1.165, 1.54) is 0 Å². The highest BCUT2D eigenvalue weighted by atomic mass is 35.5. The smallest absolute Gasteiger partial charge is 0.242 e. The van der Waals surface area contributed by atoms with E-state index in [4.69, 9.17) is 23.2 Å². The van der Waals surface area contributed by atoms with Gasteiger partial charge in [0.05, 0.1) is 0 Å². The Labute approximate surface area is 183 Å². The first-order valence-corrected chi connectivity index (χ1v) is 10.6. The Balaban J connectivity index is 2.13. The van der Waals surface area contributed by atoms with E-state index in [-0.39, 0.29) is 18.2 Å². The van der Waals surface area contributed by atoms with Gasteiger partial charge in [-0.1, -0.05) is 67.4 Å². The van der Waals surface area contributed by atoms with Gasteiger partial charge in [-0.15, -0.1) is 0 Å². The third kappa shape index (κ3) is 7.37. The zero-order chi connectivity index (χ0) is 21.4. The summed E-state index contributed by atoms with van der Waals surface area (Å²) in [5, 5.41) is 4.20. The van der Waals surface area contributed by atoms with Crippen LogP contribution in [0.3, 0.4) is 0 Å². The molecule has 6 heteroatoms. The van der Waals surface area contributed by atoms with E-state index < -0.39 is 6.04 Å². The van der Waals surface area contributed by atoms with Crippen molar-refractivity contribution in [2.24, 2.45) is 5.92 Å². The van der Waals surface area contributed by atoms with Crippen molar-refractivity contribution in [2.75, 3.05) is 6.54 Å². The van der Waals surface area contributed by atoms with E-state index in [1.54, 1.807) is 24.0 Å². The van der Waals surface area contributed by atoms with Crippen molar-refractivity contribution in [2.45, 2.75) is 46.2 Å². The largest absolute Gasteiger partial charge is 0.354 e. The highest BCUT2D eigenvalue weighted by Crippen LogP contribution is 2.19. The van der Waals surface area contributed by atoms with E-state index >= 15 is 0 Å². The van der Waals surface area contributed by atoms with Gasteiger partial charge in [0, 0.05) is 29.6 Å². The minimum Gasteiger partial charge on any atom is -0.354 e. The molecule has 0 aliphatic carbocycles. The van der Waals surface area contributed by atoms with Crippen LogP contribution in [0.15, 0.2) is 48.5 Å². The van der Waals surface area contributed by atoms with Crippen molar-refractivity contribution in [1.29, 1.82) is 0 Å². The van der Waals surface area contributed by atoms with Gasteiger partial charge in [0.2, 0.25) is 11.8 Å². The van der Waals surface area contributed by atoms with Gasteiger partial charge in [0.15, 0.2) is 0 Å². The van der Waals surface area contributed by atoms with E-state index in [2.05, 4.69) is 5.32 Å². The Hall–Kier alpha value is -2.04. The molecule has 1 atom stereocenters. The molecule has 0 fully saturated rings. The van der Waals surface area contributed by atoms with Gasteiger partial charge in [-0.2, -0.15) is 0 Å². The number of carbonyl (C=O) groups excluding carboxylic acids is 2. The van der Waals surface area contributed by atoms with E-state index in [0.29, 0.717) is 35.5 Å². The number of amides is 2. The SMILES string of the molecule is CC(C)CNC(=O)[C@H](C)N(Cc1ccc(Cl)cc1)C(=O)CCc1ccccc1Cl. The zero-order valence-electron chi connectivity index (χ0n) is 17.1. The molecule has 4 nitrogen and oxygen atoms in total. The van der Waals surface area contributed by atoms with Crippen LogP contribution in [0.2, 0.25) is 10.0 Å². The van der Waals surface area contributed by atoms with Gasteiger partial charge < -0.3 is 10.2 Å². The second-order valence-corrected chi connectivity index (χ2v) is 8.40. The van der Waals surface area contributed by atoms with E-state index in [9.17, 15) is 9.59 Å². The molecule has 0 aliphatic heterocycles. The summed E-state index contributed by atoms with van der Waals surface area (Å²) in [6, 6.07) is 14.2. The molecule has 0 aliphatic rings. The molecule has 0 aromatic heterocycles. The van der Waals surface area contributed by atoms with Crippen LogP contribution in [0.4, 0.5) is 0 Å². The lowest BCUT2D eigenvalue weighted by molar-refractivity contribution is -0.140. The van der Waals surface area contributed by atoms with Crippen molar-refractivity contribution in [3.05, 3.63) is 69.7 Å². The van der Waals surface area contributed by atoms with E-state index in [1.807, 2.05) is 50.2 Å². The number of hydrogen-bond donors (Lipinski definition) is 1. The first kappa shape index (κ1) is 23.2. The van der Waals surface area contributed by atoms with Crippen molar-refractivity contribution in [3.63, 3.8) is 0 Å². The summed E-state index contributed by atoms with van der Waals surface area (Å²) < 4.78 is 0. The van der Waals surface area contributed by atoms with Crippen LogP contribution in [-0.2, 0) is 22.6 Å². The second kappa shape index (κ2) is 11.2. The molecule has 0 saturated heterocycles. The molecule has 2 amide bonds. The molecular formula is C23H28Cl2N2O2. The normalized spacial score (nSPS) is 11.9. The molecular weight excluding hydrogens is 407 g/mol. The Morgan fingerprint density at radius 1 is 1.00 bits per heavy atom. The van der Waals surface area contributed by atoms with Crippen LogP contribution < -0.4 is 5.32 Å². The summed E-state index contributed by atoms with van der Waals surface area (Å²) in [5.41, 5.74) is 1.84. The maximum Gasteiger partial charge on any atom is 0.242 e. The van der Waals surface area contributed by atoms with Crippen molar-refractivity contribution in [3.8, 4) is 0 Å². The van der Waals surface area contributed by atoms with Crippen LogP contribution >= 0.6 is 23.2 Å². The molecule has 0 unspecified atom stereocenters. The third-order valence-corrected chi connectivity index (χ3v) is 5.30. The lowest BCUT2D eigenvalue weighted by atomic mass is 10.1. The number of halogens is 2. The minimum atomic E-state index is -0.580. The van der Waals surface area contributed by atoms with Gasteiger partial charge in [0.1, 0.15) is 6.04 Å². The molecule has 2 aromatic carbocycles. The number of benzene rings is 2. The van der Waals surface area contributed by atoms with Crippen molar-refractivity contribution >= 4 is 35.0 Å². The van der Waals surface area contributed by atoms with Gasteiger partial charge >= 0.3 is 0 Å². The van der Waals surface area contributed by atoms with Crippen molar-refractivity contribution in [1.82, 2.24) is 10.2 Å². The summed E-state index contributed by atoms with van der Waals surface area (Å²) in [6.07, 6.45) is 0.801. The summed E-state index contributed by atoms with van der Waals surface area (Å²) >= 11 is 12.2. The molecule has 156 valence electrons. The van der Waals surface area contributed by atoms with Crippen LogP contribution in [-0.4, -0.2) is 29.3 Å². The summed E-state index contributed by atoms with van der Waals surface area (Å²) in [4.78, 5) is 27.3. The zero-order valence-corrected chi connectivity index (χ0v) is 18.6. The number of rotatable bonds is 9. The fraction of sp³-hybridized carbons (Fsp3) is 0.391. The number of nitrogens with one attached hydrogen (secondary N) is 1. The number of aryl methyl sites for hydroxylation is 1. The minimum absolute atomic E-state index is 0.0907. The molecule has 29 heavy (non-hydrogen) atoms. The van der Waals surface area contributed by atoms with E-state index in [0.717, 1.165) is 11.1 Å². The first-order chi connectivity index (χ1) is 13.8. The number of hydrogen-bond acceptors (Lipinski definition) is 2. The summed E-state index contributed by atoms with van der Waals surface area (Å²) in [6.45, 7) is 6.75. The summed E-state index contributed by atoms with van der Waals surface area (Å²) in [5.74, 6) is 0.0950. The molecule has 0 bridgehead atoms. The van der Waals surface area contributed by atoms with Crippen molar-refractivity contribution < 1.29 is 9.59 Å². The average molecular weight is 435 g/mol. The Kier molecular flexibility index (Phi) is 8.99. The molecule has 2 aromatic rings. The monoisotopic (exact) mass is 434 g/mol. The lowest BCUT2D eigenvalue weighted by Gasteiger charge is -2.29. The van der Waals surface area contributed by atoms with Gasteiger partial charge in [-0.3, -0.25) is 9.59 Å². The molecule has 0 radical (unpaired) electrons. The quantitative estimate of drug-likeness (QED) is 0.595. The fourth-order valence-electron chi connectivity index (χ4n) is 2.91. The van der Waals surface area contributed by atoms with Crippen LogP contribution in [0.5, 0.6) is 0 Å². The summed E-state index contributed by atoms with van der Waals surface area (Å²) in [7, 11) is 0. The van der Waals surface area contributed by atoms with Crippen LogP contribution in [0.1, 0.15) is 38.3 Å². The highest BCUT2D eigenvalue weighted by Gasteiger charge is 2.26. The predicted molar refractivity (Wildman–Crippen MR) is 119 cm³/mol. The predicted octanol–water partition coefficient (Wildman–Crippen LogP) is 5.12. The maximum atomic E-state index is 13.1. The standard InChI is InChI=1S/C23H28Cl2N2O2/c1-16(2)14-26-23(29)17(3)27(15-18-8-11-20(24)12-9-18)22(28)13-10-19-6-4-5-7-21(19)25/h4-9,11-12,16-17H,10,13-15H2,1-3H3,(H,26,29)/t17-/m0/s1.